The van der Waals surface area contributed by atoms with Gasteiger partial charge in [0.25, 0.3) is 5.91 Å². The highest BCUT2D eigenvalue weighted by Gasteiger charge is 2.44. The summed E-state index contributed by atoms with van der Waals surface area (Å²) in [6.07, 6.45) is 4.72. The number of amides is 1. The summed E-state index contributed by atoms with van der Waals surface area (Å²) in [5.74, 6) is 1.44. The molecule has 2 heterocycles. The van der Waals surface area contributed by atoms with E-state index in [0.29, 0.717) is 36.9 Å². The fourth-order valence-corrected chi connectivity index (χ4v) is 4.68. The number of halogens is 1. The third kappa shape index (κ3) is 3.87. The van der Waals surface area contributed by atoms with Crippen LogP contribution in [0.2, 0.25) is 5.02 Å². The molecule has 148 valence electrons. The van der Waals surface area contributed by atoms with E-state index in [1.54, 1.807) is 24.5 Å². The Morgan fingerprint density at radius 1 is 1.21 bits per heavy atom. The second-order valence-electron chi connectivity index (χ2n) is 7.77. The summed E-state index contributed by atoms with van der Waals surface area (Å²) >= 11 is 6.19. The van der Waals surface area contributed by atoms with Gasteiger partial charge in [-0.15, -0.1) is 0 Å². The van der Waals surface area contributed by atoms with Crippen molar-refractivity contribution < 1.29 is 14.6 Å². The number of rotatable bonds is 4. The molecule has 1 saturated carbocycles. The smallest absolute Gasteiger partial charge is 0.253 e. The van der Waals surface area contributed by atoms with Crippen LogP contribution in [-0.4, -0.2) is 46.2 Å². The summed E-state index contributed by atoms with van der Waals surface area (Å²) in [5.41, 5.74) is 1.70. The van der Waals surface area contributed by atoms with Gasteiger partial charge in [-0.3, -0.25) is 9.78 Å². The van der Waals surface area contributed by atoms with Crippen molar-refractivity contribution >= 4 is 17.5 Å². The van der Waals surface area contributed by atoms with Crippen LogP contribution in [-0.2, 0) is 6.42 Å². The minimum atomic E-state index is -0.530. The number of aliphatic hydroxyl groups excluding tert-OH is 1. The molecule has 0 radical (unpaired) electrons. The lowest BCUT2D eigenvalue weighted by Gasteiger charge is -2.35. The van der Waals surface area contributed by atoms with Crippen LogP contribution in [0.1, 0.15) is 35.7 Å². The maximum atomic E-state index is 12.7. The maximum absolute atomic E-state index is 12.7. The Morgan fingerprint density at radius 3 is 2.64 bits per heavy atom. The predicted octanol–water partition coefficient (Wildman–Crippen LogP) is 3.59. The Labute approximate surface area is 170 Å². The molecule has 1 amide bonds. The van der Waals surface area contributed by atoms with Crippen molar-refractivity contribution in [3.63, 3.8) is 0 Å². The second-order valence-corrected chi connectivity index (χ2v) is 8.18. The molecule has 0 unspecified atom stereocenters. The van der Waals surface area contributed by atoms with Gasteiger partial charge in [0.15, 0.2) is 0 Å². The van der Waals surface area contributed by atoms with Gasteiger partial charge in [0.05, 0.1) is 6.10 Å². The van der Waals surface area contributed by atoms with Crippen LogP contribution in [0.5, 0.6) is 5.75 Å². The average Bonchev–Trinajstić information content (AvgIpc) is 3.12. The first kappa shape index (κ1) is 19.2. The summed E-state index contributed by atoms with van der Waals surface area (Å²) in [7, 11) is 0. The fraction of sp³-hybridized carbons (Fsp3) is 0.455. The van der Waals surface area contributed by atoms with Gasteiger partial charge < -0.3 is 14.7 Å². The van der Waals surface area contributed by atoms with E-state index in [1.165, 1.54) is 0 Å². The number of hydrogen-bond acceptors (Lipinski definition) is 4. The molecule has 4 atom stereocenters. The molecule has 0 spiro atoms. The molecule has 0 bridgehead atoms. The van der Waals surface area contributed by atoms with E-state index in [0.717, 1.165) is 29.2 Å². The Kier molecular flexibility index (Phi) is 5.56. The number of ether oxygens (including phenoxy) is 1. The van der Waals surface area contributed by atoms with Crippen LogP contribution in [0, 0.1) is 11.8 Å². The zero-order chi connectivity index (χ0) is 19.7. The molecule has 1 aliphatic carbocycles. The van der Waals surface area contributed by atoms with E-state index in [1.807, 2.05) is 23.1 Å². The number of likely N-dealkylation sites (tertiary alicyclic amines) is 1. The minimum absolute atomic E-state index is 0.0362. The van der Waals surface area contributed by atoms with Crippen molar-refractivity contribution in [2.24, 2.45) is 11.8 Å². The van der Waals surface area contributed by atoms with E-state index in [4.69, 9.17) is 16.3 Å². The van der Waals surface area contributed by atoms with Gasteiger partial charge >= 0.3 is 0 Å². The van der Waals surface area contributed by atoms with E-state index >= 15 is 0 Å². The molecule has 2 aromatic rings. The van der Waals surface area contributed by atoms with E-state index in [-0.39, 0.29) is 12.0 Å². The lowest BCUT2D eigenvalue weighted by molar-refractivity contribution is -0.0231. The lowest BCUT2D eigenvalue weighted by Crippen LogP contribution is -2.42. The summed E-state index contributed by atoms with van der Waals surface area (Å²) in [5, 5.41) is 11.4. The summed E-state index contributed by atoms with van der Waals surface area (Å²) < 4.78 is 6.13. The molecule has 1 aromatic heterocycles. The standard InChI is InChI=1S/C22H25ClN2O3/c1-2-14-9-18(3-4-19(14)23)28-21-11-17-13-25(12-16(17)10-20(21)26)22(27)15-5-7-24-8-6-15/h3-9,16-17,20-21,26H,2,10-13H2,1H3/t16-,17+,20+,21+/m0/s1. The molecule has 2 fully saturated rings. The Hall–Kier alpha value is -2.11. The molecule has 5 nitrogen and oxygen atoms in total. The van der Waals surface area contributed by atoms with E-state index < -0.39 is 6.10 Å². The number of carbonyl (C=O) groups excluding carboxylic acids is 1. The van der Waals surface area contributed by atoms with Gasteiger partial charge in [0, 0.05) is 36.1 Å². The van der Waals surface area contributed by atoms with Crippen LogP contribution >= 0.6 is 11.6 Å². The highest BCUT2D eigenvalue weighted by Crippen LogP contribution is 2.38. The zero-order valence-electron chi connectivity index (χ0n) is 15.9. The number of aryl methyl sites for hydroxylation is 1. The minimum Gasteiger partial charge on any atom is -0.488 e. The molecule has 6 heteroatoms. The first-order chi connectivity index (χ1) is 13.5. The van der Waals surface area contributed by atoms with Gasteiger partial charge in [0.2, 0.25) is 0 Å². The van der Waals surface area contributed by atoms with Crippen molar-refractivity contribution in [2.75, 3.05) is 13.1 Å². The number of pyridine rings is 1. The number of nitrogens with zero attached hydrogens (tertiary/aromatic N) is 2. The highest BCUT2D eigenvalue weighted by atomic mass is 35.5. The second kappa shape index (κ2) is 8.10. The van der Waals surface area contributed by atoms with Crippen LogP contribution < -0.4 is 4.74 Å². The molecule has 1 aliphatic heterocycles. The van der Waals surface area contributed by atoms with Crippen LogP contribution in [0.3, 0.4) is 0 Å². The topological polar surface area (TPSA) is 62.7 Å². The average molecular weight is 401 g/mol. The monoisotopic (exact) mass is 400 g/mol. The summed E-state index contributed by atoms with van der Waals surface area (Å²) in [6, 6.07) is 9.15. The first-order valence-corrected chi connectivity index (χ1v) is 10.3. The molecule has 1 saturated heterocycles. The van der Waals surface area contributed by atoms with Crippen LogP contribution in [0.25, 0.3) is 0 Å². The Bertz CT molecular complexity index is 845. The zero-order valence-corrected chi connectivity index (χ0v) is 16.7. The number of benzene rings is 1. The Morgan fingerprint density at radius 2 is 1.93 bits per heavy atom. The number of aliphatic hydroxyl groups is 1. The van der Waals surface area contributed by atoms with E-state index in [9.17, 15) is 9.90 Å². The van der Waals surface area contributed by atoms with Crippen LogP contribution in [0.4, 0.5) is 0 Å². The van der Waals surface area contributed by atoms with Gasteiger partial charge in [-0.05, 0) is 67.0 Å². The molecule has 4 rings (SSSR count). The van der Waals surface area contributed by atoms with Gasteiger partial charge in [-0.2, -0.15) is 0 Å². The number of hydrogen-bond donors (Lipinski definition) is 1. The van der Waals surface area contributed by atoms with Crippen molar-refractivity contribution in [3.05, 3.63) is 58.9 Å². The van der Waals surface area contributed by atoms with Crippen LogP contribution in [0.15, 0.2) is 42.7 Å². The third-order valence-electron chi connectivity index (χ3n) is 5.98. The molecule has 1 N–H and O–H groups in total. The fourth-order valence-electron chi connectivity index (χ4n) is 4.43. The van der Waals surface area contributed by atoms with E-state index in [2.05, 4.69) is 11.9 Å². The first-order valence-electron chi connectivity index (χ1n) is 9.87. The van der Waals surface area contributed by atoms with Crippen molar-refractivity contribution in [1.82, 2.24) is 9.88 Å². The van der Waals surface area contributed by atoms with Gasteiger partial charge in [0.1, 0.15) is 11.9 Å². The molecule has 1 aromatic carbocycles. The molecular formula is C22H25ClN2O3. The Balaban J connectivity index is 1.43. The van der Waals surface area contributed by atoms with Gasteiger partial charge in [-0.1, -0.05) is 18.5 Å². The normalized spacial score (nSPS) is 26.8. The van der Waals surface area contributed by atoms with Crippen molar-refractivity contribution in [2.45, 2.75) is 38.4 Å². The lowest BCUT2D eigenvalue weighted by atomic mass is 9.78. The van der Waals surface area contributed by atoms with Crippen molar-refractivity contribution in [3.8, 4) is 5.75 Å². The summed E-state index contributed by atoms with van der Waals surface area (Å²) in [4.78, 5) is 18.6. The van der Waals surface area contributed by atoms with Crippen molar-refractivity contribution in [1.29, 1.82) is 0 Å². The molecule has 2 aliphatic rings. The molecular weight excluding hydrogens is 376 g/mol. The largest absolute Gasteiger partial charge is 0.488 e. The summed E-state index contributed by atoms with van der Waals surface area (Å²) in [6.45, 7) is 3.45. The van der Waals surface area contributed by atoms with Gasteiger partial charge in [-0.25, -0.2) is 0 Å². The quantitative estimate of drug-likeness (QED) is 0.851. The SMILES string of the molecule is CCc1cc(O[C@@H]2C[C@@H]3CN(C(=O)c4ccncc4)C[C@@H]3C[C@H]2O)ccc1Cl. The predicted molar refractivity (Wildman–Crippen MR) is 108 cm³/mol. The molecule has 28 heavy (non-hydrogen) atoms. The number of fused-ring (bicyclic) bond motifs is 1. The highest BCUT2D eigenvalue weighted by molar-refractivity contribution is 6.31. The third-order valence-corrected chi connectivity index (χ3v) is 6.35. The number of carbonyl (C=O) groups is 1. The number of aromatic nitrogens is 1. The maximum Gasteiger partial charge on any atom is 0.253 e.